The molecule has 1 aliphatic rings. The van der Waals surface area contributed by atoms with Gasteiger partial charge in [-0.05, 0) is 31.4 Å². The fourth-order valence-corrected chi connectivity index (χ4v) is 2.58. The summed E-state index contributed by atoms with van der Waals surface area (Å²) in [4.78, 5) is 22.7. The monoisotopic (exact) mass is 277 g/mol. The van der Waals surface area contributed by atoms with Crippen LogP contribution >= 0.6 is 0 Å². The highest BCUT2D eigenvalue weighted by molar-refractivity contribution is 5.98. The number of carbonyl (C=O) groups excluding carboxylic acids is 1. The smallest absolute Gasteiger partial charge is 0.282 e. The van der Waals surface area contributed by atoms with E-state index in [-0.39, 0.29) is 23.3 Å². The fourth-order valence-electron chi connectivity index (χ4n) is 2.58. The summed E-state index contributed by atoms with van der Waals surface area (Å²) in [5.41, 5.74) is 6.73. The highest BCUT2D eigenvalue weighted by atomic mass is 16.6. The van der Waals surface area contributed by atoms with Crippen LogP contribution in [-0.2, 0) is 0 Å². The lowest BCUT2D eigenvalue weighted by molar-refractivity contribution is -0.385. The van der Waals surface area contributed by atoms with Gasteiger partial charge in [0.2, 0.25) is 0 Å². The number of hydrogen-bond donors (Lipinski definition) is 2. The van der Waals surface area contributed by atoms with E-state index in [1.54, 1.807) is 19.1 Å². The van der Waals surface area contributed by atoms with Crippen LogP contribution in [0.3, 0.4) is 0 Å². The first-order valence-electron chi connectivity index (χ1n) is 6.80. The van der Waals surface area contributed by atoms with Crippen molar-refractivity contribution in [2.24, 2.45) is 5.73 Å². The number of benzene rings is 1. The highest BCUT2D eigenvalue weighted by Gasteiger charge is 2.26. The Morgan fingerprint density at radius 1 is 1.40 bits per heavy atom. The van der Waals surface area contributed by atoms with Crippen LogP contribution < -0.4 is 11.1 Å². The maximum atomic E-state index is 12.3. The van der Waals surface area contributed by atoms with Gasteiger partial charge in [-0.15, -0.1) is 0 Å². The molecule has 1 aromatic carbocycles. The summed E-state index contributed by atoms with van der Waals surface area (Å²) in [5, 5.41) is 13.8. The Bertz CT molecular complexity index is 530. The van der Waals surface area contributed by atoms with E-state index in [4.69, 9.17) is 5.73 Å². The molecule has 0 radical (unpaired) electrons. The number of carbonyl (C=O) groups is 1. The zero-order valence-electron chi connectivity index (χ0n) is 11.5. The van der Waals surface area contributed by atoms with Crippen molar-refractivity contribution in [1.82, 2.24) is 5.32 Å². The van der Waals surface area contributed by atoms with E-state index in [1.165, 1.54) is 6.07 Å². The minimum absolute atomic E-state index is 0.0726. The molecule has 2 atom stereocenters. The summed E-state index contributed by atoms with van der Waals surface area (Å²) in [5.74, 6) is -0.414. The van der Waals surface area contributed by atoms with Gasteiger partial charge >= 0.3 is 0 Å². The number of aryl methyl sites for hydroxylation is 1. The minimum Gasteiger partial charge on any atom is -0.348 e. The second-order valence-electron chi connectivity index (χ2n) is 5.31. The third-order valence-corrected chi connectivity index (χ3v) is 3.73. The minimum atomic E-state index is -0.533. The summed E-state index contributed by atoms with van der Waals surface area (Å²) in [7, 11) is 0. The number of nitrogens with two attached hydrogens (primary N) is 1. The SMILES string of the molecule is Cc1ccc([N+](=O)[O-])c(C(=O)N[C@@H]2CCCC[C@H]2N)c1. The standard InChI is InChI=1S/C14H19N3O3/c1-9-6-7-13(17(19)20)10(8-9)14(18)16-12-5-3-2-4-11(12)15/h6-8,11-12H,2-5,15H2,1H3,(H,16,18)/t11-,12-/m1/s1. The Labute approximate surface area is 117 Å². The molecule has 20 heavy (non-hydrogen) atoms. The van der Waals surface area contributed by atoms with Crippen LogP contribution in [0.15, 0.2) is 18.2 Å². The quantitative estimate of drug-likeness (QED) is 0.651. The van der Waals surface area contributed by atoms with Crippen molar-refractivity contribution in [3.05, 3.63) is 39.4 Å². The maximum Gasteiger partial charge on any atom is 0.282 e. The van der Waals surface area contributed by atoms with Crippen LogP contribution in [0.25, 0.3) is 0 Å². The average Bonchev–Trinajstić information content (AvgIpc) is 2.40. The van der Waals surface area contributed by atoms with Gasteiger partial charge in [0.25, 0.3) is 11.6 Å². The van der Waals surface area contributed by atoms with Crippen molar-refractivity contribution < 1.29 is 9.72 Å². The van der Waals surface area contributed by atoms with Crippen molar-refractivity contribution in [3.8, 4) is 0 Å². The molecular weight excluding hydrogens is 258 g/mol. The first-order valence-corrected chi connectivity index (χ1v) is 6.80. The molecule has 0 aliphatic heterocycles. The number of nitro benzene ring substituents is 1. The molecule has 6 heteroatoms. The molecule has 6 nitrogen and oxygen atoms in total. The van der Waals surface area contributed by atoms with Gasteiger partial charge in [-0.3, -0.25) is 14.9 Å². The van der Waals surface area contributed by atoms with Gasteiger partial charge in [0.15, 0.2) is 0 Å². The Hall–Kier alpha value is -1.95. The largest absolute Gasteiger partial charge is 0.348 e. The van der Waals surface area contributed by atoms with E-state index in [1.807, 2.05) is 0 Å². The topological polar surface area (TPSA) is 98.3 Å². The Morgan fingerprint density at radius 3 is 2.75 bits per heavy atom. The summed E-state index contributed by atoms with van der Waals surface area (Å²) >= 11 is 0. The molecule has 108 valence electrons. The zero-order chi connectivity index (χ0) is 14.7. The molecule has 1 saturated carbocycles. The first kappa shape index (κ1) is 14.5. The molecular formula is C14H19N3O3. The normalized spacial score (nSPS) is 22.3. The Balaban J connectivity index is 2.20. The number of nitro groups is 1. The lowest BCUT2D eigenvalue weighted by Crippen LogP contribution is -2.49. The molecule has 0 saturated heterocycles. The van der Waals surface area contributed by atoms with Gasteiger partial charge in [-0.2, -0.15) is 0 Å². The first-order chi connectivity index (χ1) is 9.49. The van der Waals surface area contributed by atoms with Crippen LogP contribution in [0.2, 0.25) is 0 Å². The second-order valence-corrected chi connectivity index (χ2v) is 5.31. The number of nitrogens with one attached hydrogen (secondary N) is 1. The third kappa shape index (κ3) is 3.14. The number of amides is 1. The molecule has 0 unspecified atom stereocenters. The van der Waals surface area contributed by atoms with E-state index < -0.39 is 10.8 Å². The molecule has 0 spiro atoms. The molecule has 1 amide bonds. The van der Waals surface area contributed by atoms with E-state index in [9.17, 15) is 14.9 Å². The molecule has 2 rings (SSSR count). The van der Waals surface area contributed by atoms with Crippen LogP contribution in [0, 0.1) is 17.0 Å². The van der Waals surface area contributed by atoms with Crippen LogP contribution in [0.4, 0.5) is 5.69 Å². The molecule has 1 aliphatic carbocycles. The van der Waals surface area contributed by atoms with Crippen molar-refractivity contribution in [2.45, 2.75) is 44.7 Å². The van der Waals surface area contributed by atoms with Gasteiger partial charge in [0, 0.05) is 18.2 Å². The number of nitrogens with zero attached hydrogens (tertiary/aromatic N) is 1. The Kier molecular flexibility index (Phi) is 4.34. The molecule has 1 fully saturated rings. The molecule has 0 aromatic heterocycles. The van der Waals surface area contributed by atoms with Crippen LogP contribution in [0.5, 0.6) is 0 Å². The van der Waals surface area contributed by atoms with Crippen molar-refractivity contribution in [2.75, 3.05) is 0 Å². The summed E-state index contributed by atoms with van der Waals surface area (Å²) in [6.45, 7) is 1.80. The number of rotatable bonds is 3. The van der Waals surface area contributed by atoms with E-state index in [0.29, 0.717) is 0 Å². The van der Waals surface area contributed by atoms with E-state index in [0.717, 1.165) is 31.2 Å². The molecule has 0 heterocycles. The van der Waals surface area contributed by atoms with Gasteiger partial charge in [0.1, 0.15) is 5.56 Å². The van der Waals surface area contributed by atoms with Gasteiger partial charge in [-0.1, -0.05) is 18.9 Å². The molecule has 3 N–H and O–H groups in total. The maximum absolute atomic E-state index is 12.3. The zero-order valence-corrected chi connectivity index (χ0v) is 11.5. The third-order valence-electron chi connectivity index (χ3n) is 3.73. The van der Waals surface area contributed by atoms with Crippen LogP contribution in [0.1, 0.15) is 41.6 Å². The van der Waals surface area contributed by atoms with Gasteiger partial charge in [0.05, 0.1) is 4.92 Å². The molecule has 0 bridgehead atoms. The summed E-state index contributed by atoms with van der Waals surface area (Å²) in [6, 6.07) is 4.36. The fraction of sp³-hybridized carbons (Fsp3) is 0.500. The predicted octanol–water partition coefficient (Wildman–Crippen LogP) is 1.90. The van der Waals surface area contributed by atoms with Crippen molar-refractivity contribution in [3.63, 3.8) is 0 Å². The average molecular weight is 277 g/mol. The highest BCUT2D eigenvalue weighted by Crippen LogP contribution is 2.22. The summed E-state index contributed by atoms with van der Waals surface area (Å²) < 4.78 is 0. The second kappa shape index (κ2) is 6.00. The lowest BCUT2D eigenvalue weighted by Gasteiger charge is -2.29. The van der Waals surface area contributed by atoms with E-state index in [2.05, 4.69) is 5.32 Å². The van der Waals surface area contributed by atoms with Crippen LogP contribution in [-0.4, -0.2) is 22.9 Å². The predicted molar refractivity (Wildman–Crippen MR) is 75.5 cm³/mol. The lowest BCUT2D eigenvalue weighted by atomic mass is 9.91. The van der Waals surface area contributed by atoms with E-state index >= 15 is 0 Å². The van der Waals surface area contributed by atoms with Gasteiger partial charge < -0.3 is 11.1 Å². The van der Waals surface area contributed by atoms with Gasteiger partial charge in [-0.25, -0.2) is 0 Å². The Morgan fingerprint density at radius 2 is 2.10 bits per heavy atom. The number of hydrogen-bond acceptors (Lipinski definition) is 4. The molecule has 1 aromatic rings. The van der Waals surface area contributed by atoms with Crippen molar-refractivity contribution >= 4 is 11.6 Å². The van der Waals surface area contributed by atoms with Crippen molar-refractivity contribution in [1.29, 1.82) is 0 Å². The summed E-state index contributed by atoms with van der Waals surface area (Å²) in [6.07, 6.45) is 3.79.